The standard InChI is InChI=1S/C8H7BrO4/c1-13-5-3-2-4(9)7(10)6(5)8(11)12/h2-3,10H,1H3,(H,11,12). The Balaban J connectivity index is 3.41. The molecule has 2 N–H and O–H groups in total. The zero-order valence-corrected chi connectivity index (χ0v) is 8.33. The first-order chi connectivity index (χ1) is 6.07. The molecule has 0 aliphatic rings. The fourth-order valence-electron chi connectivity index (χ4n) is 0.924. The maximum atomic E-state index is 10.7. The molecule has 0 amide bonds. The number of carboxylic acids is 1. The van der Waals surface area contributed by atoms with Gasteiger partial charge in [0.05, 0.1) is 11.6 Å². The van der Waals surface area contributed by atoms with Crippen molar-refractivity contribution in [1.29, 1.82) is 0 Å². The fourth-order valence-corrected chi connectivity index (χ4v) is 1.25. The maximum Gasteiger partial charge on any atom is 0.343 e. The van der Waals surface area contributed by atoms with Gasteiger partial charge >= 0.3 is 5.97 Å². The molecule has 0 unspecified atom stereocenters. The predicted octanol–water partition coefficient (Wildman–Crippen LogP) is 1.86. The number of carboxylic acid groups (broad SMARTS) is 1. The number of hydrogen-bond donors (Lipinski definition) is 2. The van der Waals surface area contributed by atoms with E-state index in [0.29, 0.717) is 4.47 Å². The molecule has 0 bridgehead atoms. The zero-order chi connectivity index (χ0) is 10.0. The first kappa shape index (κ1) is 9.85. The Hall–Kier alpha value is -1.23. The summed E-state index contributed by atoms with van der Waals surface area (Å²) in [7, 11) is 1.34. The van der Waals surface area contributed by atoms with Gasteiger partial charge in [0, 0.05) is 0 Å². The molecule has 0 aromatic heterocycles. The van der Waals surface area contributed by atoms with E-state index >= 15 is 0 Å². The topological polar surface area (TPSA) is 66.8 Å². The number of hydrogen-bond acceptors (Lipinski definition) is 3. The summed E-state index contributed by atoms with van der Waals surface area (Å²) in [6, 6.07) is 2.98. The summed E-state index contributed by atoms with van der Waals surface area (Å²) in [5, 5.41) is 18.1. The minimum absolute atomic E-state index is 0.133. The Morgan fingerprint density at radius 1 is 1.54 bits per heavy atom. The summed E-state index contributed by atoms with van der Waals surface area (Å²) < 4.78 is 5.11. The molecule has 5 heteroatoms. The van der Waals surface area contributed by atoms with Gasteiger partial charge in [-0.2, -0.15) is 0 Å². The van der Waals surface area contributed by atoms with Gasteiger partial charge in [-0.05, 0) is 28.1 Å². The lowest BCUT2D eigenvalue weighted by molar-refractivity contribution is 0.0690. The van der Waals surface area contributed by atoms with E-state index in [1.54, 1.807) is 0 Å². The summed E-state index contributed by atoms with van der Waals surface area (Å²) in [6.07, 6.45) is 0. The summed E-state index contributed by atoms with van der Waals surface area (Å²) in [6.45, 7) is 0. The number of halogens is 1. The van der Waals surface area contributed by atoms with Crippen LogP contribution in [0, 0.1) is 0 Å². The monoisotopic (exact) mass is 246 g/mol. The van der Waals surface area contributed by atoms with Gasteiger partial charge in [-0.1, -0.05) is 0 Å². The lowest BCUT2D eigenvalue weighted by atomic mass is 10.2. The molecule has 13 heavy (non-hydrogen) atoms. The molecule has 4 nitrogen and oxygen atoms in total. The van der Waals surface area contributed by atoms with Crippen LogP contribution in [0.2, 0.25) is 0 Å². The molecule has 0 heterocycles. The van der Waals surface area contributed by atoms with Crippen molar-refractivity contribution < 1.29 is 19.7 Å². The normalized spacial score (nSPS) is 9.69. The van der Waals surface area contributed by atoms with E-state index in [2.05, 4.69) is 15.9 Å². The second kappa shape index (κ2) is 3.66. The van der Waals surface area contributed by atoms with E-state index in [4.69, 9.17) is 9.84 Å². The van der Waals surface area contributed by atoms with Gasteiger partial charge < -0.3 is 14.9 Å². The maximum absolute atomic E-state index is 10.7. The molecule has 0 radical (unpaired) electrons. The molecule has 70 valence electrons. The number of aromatic hydroxyl groups is 1. The number of ether oxygens (including phenoxy) is 1. The highest BCUT2D eigenvalue weighted by atomic mass is 79.9. The van der Waals surface area contributed by atoms with Crippen LogP contribution in [0.5, 0.6) is 11.5 Å². The molecule has 1 aromatic rings. The quantitative estimate of drug-likeness (QED) is 0.836. The molecule has 1 rings (SSSR count). The lowest BCUT2D eigenvalue weighted by Gasteiger charge is -2.07. The summed E-state index contributed by atoms with van der Waals surface area (Å²) in [4.78, 5) is 10.7. The van der Waals surface area contributed by atoms with Gasteiger partial charge in [0.15, 0.2) is 0 Å². The summed E-state index contributed by atoms with van der Waals surface area (Å²) >= 11 is 3.01. The van der Waals surface area contributed by atoms with Crippen molar-refractivity contribution in [3.8, 4) is 11.5 Å². The Morgan fingerprint density at radius 2 is 2.15 bits per heavy atom. The van der Waals surface area contributed by atoms with Crippen molar-refractivity contribution in [2.24, 2.45) is 0 Å². The Morgan fingerprint density at radius 3 is 2.62 bits per heavy atom. The van der Waals surface area contributed by atoms with Gasteiger partial charge in [-0.3, -0.25) is 0 Å². The number of carbonyl (C=O) groups is 1. The molecular weight excluding hydrogens is 240 g/mol. The van der Waals surface area contributed by atoms with Crippen molar-refractivity contribution in [2.45, 2.75) is 0 Å². The highest BCUT2D eigenvalue weighted by Gasteiger charge is 2.18. The molecule has 0 aliphatic carbocycles. The molecule has 0 aliphatic heterocycles. The number of aromatic carboxylic acids is 1. The number of benzene rings is 1. The van der Waals surface area contributed by atoms with E-state index < -0.39 is 5.97 Å². The third-order valence-electron chi connectivity index (χ3n) is 1.52. The molecule has 0 saturated carbocycles. The molecular formula is C8H7BrO4. The number of phenols is 1. The van der Waals surface area contributed by atoms with Crippen LogP contribution in [0.15, 0.2) is 16.6 Å². The average molecular weight is 247 g/mol. The summed E-state index contributed by atoms with van der Waals surface area (Å²) in [5.41, 5.74) is -0.239. The van der Waals surface area contributed by atoms with E-state index in [-0.39, 0.29) is 17.1 Å². The molecule has 0 atom stereocenters. The van der Waals surface area contributed by atoms with Gasteiger partial charge in [0.1, 0.15) is 17.1 Å². The van der Waals surface area contributed by atoms with Crippen molar-refractivity contribution >= 4 is 21.9 Å². The lowest BCUT2D eigenvalue weighted by Crippen LogP contribution is -2.01. The second-order valence-electron chi connectivity index (χ2n) is 2.28. The van der Waals surface area contributed by atoms with Crippen LogP contribution in [0.1, 0.15) is 10.4 Å². The predicted molar refractivity (Wildman–Crippen MR) is 49.3 cm³/mol. The fraction of sp³-hybridized carbons (Fsp3) is 0.125. The summed E-state index contributed by atoms with van der Waals surface area (Å²) in [5.74, 6) is -1.42. The average Bonchev–Trinajstić information content (AvgIpc) is 2.08. The van der Waals surface area contributed by atoms with Gasteiger partial charge in [-0.25, -0.2) is 4.79 Å². The van der Waals surface area contributed by atoms with Crippen molar-refractivity contribution in [3.05, 3.63) is 22.2 Å². The van der Waals surface area contributed by atoms with Crippen molar-refractivity contribution in [1.82, 2.24) is 0 Å². The van der Waals surface area contributed by atoms with Crippen LogP contribution in [0.3, 0.4) is 0 Å². The van der Waals surface area contributed by atoms with Gasteiger partial charge in [0.2, 0.25) is 0 Å². The van der Waals surface area contributed by atoms with Crippen LogP contribution in [0.25, 0.3) is 0 Å². The van der Waals surface area contributed by atoms with Gasteiger partial charge in [0.25, 0.3) is 0 Å². The molecule has 0 saturated heterocycles. The molecule has 0 fully saturated rings. The van der Waals surface area contributed by atoms with Crippen LogP contribution < -0.4 is 4.74 Å². The zero-order valence-electron chi connectivity index (χ0n) is 6.74. The highest BCUT2D eigenvalue weighted by Crippen LogP contribution is 2.34. The minimum atomic E-state index is -1.23. The first-order valence-electron chi connectivity index (χ1n) is 3.36. The van der Waals surface area contributed by atoms with E-state index in [0.717, 1.165) is 0 Å². The Kier molecular flexibility index (Phi) is 2.77. The number of methoxy groups -OCH3 is 1. The van der Waals surface area contributed by atoms with E-state index in [1.807, 2.05) is 0 Å². The largest absolute Gasteiger partial charge is 0.506 e. The first-order valence-corrected chi connectivity index (χ1v) is 4.16. The Bertz CT molecular complexity index is 348. The van der Waals surface area contributed by atoms with Crippen LogP contribution in [-0.2, 0) is 0 Å². The second-order valence-corrected chi connectivity index (χ2v) is 3.13. The third kappa shape index (κ3) is 1.75. The van der Waals surface area contributed by atoms with E-state index in [9.17, 15) is 9.90 Å². The smallest absolute Gasteiger partial charge is 0.343 e. The molecule has 1 aromatic carbocycles. The van der Waals surface area contributed by atoms with Gasteiger partial charge in [-0.15, -0.1) is 0 Å². The number of rotatable bonds is 2. The minimum Gasteiger partial charge on any atom is -0.506 e. The van der Waals surface area contributed by atoms with Crippen molar-refractivity contribution in [3.63, 3.8) is 0 Å². The third-order valence-corrected chi connectivity index (χ3v) is 2.16. The SMILES string of the molecule is COc1ccc(Br)c(O)c1C(=O)O. The van der Waals surface area contributed by atoms with Crippen LogP contribution in [-0.4, -0.2) is 23.3 Å². The van der Waals surface area contributed by atoms with Crippen molar-refractivity contribution in [2.75, 3.05) is 7.11 Å². The van der Waals surface area contributed by atoms with Crippen LogP contribution >= 0.6 is 15.9 Å². The Labute approximate surface area is 82.9 Å². The molecule has 0 spiro atoms. The van der Waals surface area contributed by atoms with E-state index in [1.165, 1.54) is 19.2 Å². The van der Waals surface area contributed by atoms with Crippen LogP contribution in [0.4, 0.5) is 0 Å². The highest BCUT2D eigenvalue weighted by molar-refractivity contribution is 9.10.